The predicted octanol–water partition coefficient (Wildman–Crippen LogP) is 3.34. The first-order chi connectivity index (χ1) is 14.0. The van der Waals surface area contributed by atoms with E-state index >= 15 is 0 Å². The SMILES string of the molecule is O=C(CNC(=O)c1cccc([N+](=O)[O-])c1)NCC1(c2ccccc2)CCCCC1. The van der Waals surface area contributed by atoms with E-state index in [1.54, 1.807) is 0 Å². The Bertz CT molecular complexity index is 877. The number of benzene rings is 2. The Morgan fingerprint density at radius 3 is 2.38 bits per heavy atom. The minimum atomic E-state index is -0.559. The van der Waals surface area contributed by atoms with E-state index < -0.39 is 10.8 Å². The number of hydrogen-bond donors (Lipinski definition) is 2. The van der Waals surface area contributed by atoms with E-state index in [9.17, 15) is 19.7 Å². The van der Waals surface area contributed by atoms with Crippen molar-refractivity contribution >= 4 is 17.5 Å². The third-order valence-electron chi connectivity index (χ3n) is 5.55. The van der Waals surface area contributed by atoms with Crippen molar-refractivity contribution in [2.24, 2.45) is 0 Å². The lowest BCUT2D eigenvalue weighted by atomic mass is 9.69. The van der Waals surface area contributed by atoms with Gasteiger partial charge in [0.1, 0.15) is 0 Å². The largest absolute Gasteiger partial charge is 0.354 e. The molecule has 1 saturated carbocycles. The van der Waals surface area contributed by atoms with Gasteiger partial charge in [0, 0.05) is 29.7 Å². The highest BCUT2D eigenvalue weighted by molar-refractivity contribution is 5.96. The van der Waals surface area contributed by atoms with Crippen molar-refractivity contribution in [1.29, 1.82) is 0 Å². The molecular weight excluding hydrogens is 370 g/mol. The zero-order valence-electron chi connectivity index (χ0n) is 16.2. The number of nitro benzene ring substituents is 1. The number of hydrogen-bond acceptors (Lipinski definition) is 4. The van der Waals surface area contributed by atoms with Crippen LogP contribution in [0.4, 0.5) is 5.69 Å². The molecule has 0 bridgehead atoms. The van der Waals surface area contributed by atoms with E-state index in [1.807, 2.05) is 18.2 Å². The van der Waals surface area contributed by atoms with Crippen LogP contribution in [0.25, 0.3) is 0 Å². The highest BCUT2D eigenvalue weighted by atomic mass is 16.6. The van der Waals surface area contributed by atoms with E-state index in [0.29, 0.717) is 6.54 Å². The number of amides is 2. The molecule has 1 aliphatic rings. The molecule has 7 nitrogen and oxygen atoms in total. The molecular formula is C22H25N3O4. The number of carbonyl (C=O) groups excluding carboxylic acids is 2. The molecule has 2 aromatic carbocycles. The Morgan fingerprint density at radius 2 is 1.69 bits per heavy atom. The van der Waals surface area contributed by atoms with Gasteiger partial charge in [-0.15, -0.1) is 0 Å². The number of nitrogens with one attached hydrogen (secondary N) is 2. The van der Waals surface area contributed by atoms with Crippen molar-refractivity contribution in [1.82, 2.24) is 10.6 Å². The number of nitrogens with zero attached hydrogens (tertiary/aromatic N) is 1. The second-order valence-corrected chi connectivity index (χ2v) is 7.47. The fourth-order valence-corrected chi connectivity index (χ4v) is 3.94. The summed E-state index contributed by atoms with van der Waals surface area (Å²) in [6.07, 6.45) is 5.53. The minimum Gasteiger partial charge on any atom is -0.354 e. The van der Waals surface area contributed by atoms with Crippen molar-refractivity contribution in [2.75, 3.05) is 13.1 Å². The summed E-state index contributed by atoms with van der Waals surface area (Å²) in [6.45, 7) is 0.356. The highest BCUT2D eigenvalue weighted by Crippen LogP contribution is 2.38. The summed E-state index contributed by atoms with van der Waals surface area (Å²) in [5.41, 5.74) is 1.16. The Balaban J connectivity index is 1.56. The van der Waals surface area contributed by atoms with Crippen molar-refractivity contribution in [3.8, 4) is 0 Å². The molecule has 0 atom stereocenters. The number of carbonyl (C=O) groups is 2. The molecule has 7 heteroatoms. The lowest BCUT2D eigenvalue weighted by molar-refractivity contribution is -0.384. The number of nitro groups is 1. The maximum atomic E-state index is 12.3. The zero-order chi connectivity index (χ0) is 20.7. The van der Waals surface area contributed by atoms with E-state index in [2.05, 4.69) is 22.8 Å². The van der Waals surface area contributed by atoms with Gasteiger partial charge in [-0.05, 0) is 24.5 Å². The summed E-state index contributed by atoms with van der Waals surface area (Å²) in [6, 6.07) is 15.7. The second-order valence-electron chi connectivity index (χ2n) is 7.47. The Labute approximate surface area is 169 Å². The van der Waals surface area contributed by atoms with Gasteiger partial charge in [-0.3, -0.25) is 19.7 Å². The quantitative estimate of drug-likeness (QED) is 0.554. The lowest BCUT2D eigenvalue weighted by Gasteiger charge is -2.38. The molecule has 29 heavy (non-hydrogen) atoms. The molecule has 0 heterocycles. The van der Waals surface area contributed by atoms with Crippen molar-refractivity contribution < 1.29 is 14.5 Å². The summed E-state index contributed by atoms with van der Waals surface area (Å²) in [4.78, 5) is 34.8. The van der Waals surface area contributed by atoms with Gasteiger partial charge in [0.25, 0.3) is 11.6 Å². The average molecular weight is 395 g/mol. The lowest BCUT2D eigenvalue weighted by Crippen LogP contribution is -2.45. The molecule has 0 aliphatic heterocycles. The minimum absolute atomic E-state index is 0.0702. The van der Waals surface area contributed by atoms with Gasteiger partial charge in [0.15, 0.2) is 0 Å². The summed E-state index contributed by atoms with van der Waals surface area (Å²) in [7, 11) is 0. The van der Waals surface area contributed by atoms with Crippen molar-refractivity contribution in [3.63, 3.8) is 0 Å². The monoisotopic (exact) mass is 395 g/mol. The van der Waals surface area contributed by atoms with Gasteiger partial charge < -0.3 is 10.6 Å². The average Bonchev–Trinajstić information content (AvgIpc) is 2.77. The maximum Gasteiger partial charge on any atom is 0.270 e. The molecule has 2 N–H and O–H groups in total. The van der Waals surface area contributed by atoms with Crippen molar-refractivity contribution in [2.45, 2.75) is 37.5 Å². The van der Waals surface area contributed by atoms with Crippen LogP contribution in [0.3, 0.4) is 0 Å². The number of rotatable bonds is 7. The third kappa shape index (κ3) is 5.19. The van der Waals surface area contributed by atoms with E-state index in [1.165, 1.54) is 36.2 Å². The van der Waals surface area contributed by atoms with Crippen LogP contribution in [0.15, 0.2) is 54.6 Å². The molecule has 1 aliphatic carbocycles. The van der Waals surface area contributed by atoms with Gasteiger partial charge in [-0.25, -0.2) is 0 Å². The first-order valence-electron chi connectivity index (χ1n) is 9.85. The van der Waals surface area contributed by atoms with E-state index in [0.717, 1.165) is 25.7 Å². The van der Waals surface area contributed by atoms with Crippen LogP contribution < -0.4 is 10.6 Å². The van der Waals surface area contributed by atoms with Gasteiger partial charge >= 0.3 is 0 Å². The van der Waals surface area contributed by atoms with Crippen LogP contribution in [0, 0.1) is 10.1 Å². The van der Waals surface area contributed by atoms with Crippen LogP contribution in [0.2, 0.25) is 0 Å². The first-order valence-corrected chi connectivity index (χ1v) is 9.85. The van der Waals surface area contributed by atoms with Crippen LogP contribution in [-0.2, 0) is 10.2 Å². The number of non-ortho nitro benzene ring substituents is 1. The van der Waals surface area contributed by atoms with Gasteiger partial charge in [0.2, 0.25) is 5.91 Å². The first kappa shape index (κ1) is 20.5. The summed E-state index contributed by atoms with van der Waals surface area (Å²) < 4.78 is 0. The molecule has 0 radical (unpaired) electrons. The van der Waals surface area contributed by atoms with Gasteiger partial charge in [-0.2, -0.15) is 0 Å². The standard InChI is InChI=1S/C22H25N3O4/c26-20(15-23-21(27)17-8-7-11-19(14-17)25(28)29)24-16-22(12-5-2-6-13-22)18-9-3-1-4-10-18/h1,3-4,7-11,14H,2,5-6,12-13,15-16H2,(H,23,27)(H,24,26). The Hall–Kier alpha value is -3.22. The van der Waals surface area contributed by atoms with Crippen LogP contribution in [0.1, 0.15) is 48.0 Å². The third-order valence-corrected chi connectivity index (χ3v) is 5.55. The topological polar surface area (TPSA) is 101 Å². The normalized spacial score (nSPS) is 15.3. The van der Waals surface area contributed by atoms with Gasteiger partial charge in [-0.1, -0.05) is 55.7 Å². The maximum absolute atomic E-state index is 12.3. The van der Waals surface area contributed by atoms with E-state index in [-0.39, 0.29) is 29.1 Å². The molecule has 0 spiro atoms. The smallest absolute Gasteiger partial charge is 0.270 e. The molecule has 1 fully saturated rings. The Kier molecular flexibility index (Phi) is 6.59. The fraction of sp³-hybridized carbons (Fsp3) is 0.364. The second kappa shape index (κ2) is 9.32. The molecule has 2 aromatic rings. The Morgan fingerprint density at radius 1 is 0.966 bits per heavy atom. The highest BCUT2D eigenvalue weighted by Gasteiger charge is 2.34. The molecule has 152 valence electrons. The van der Waals surface area contributed by atoms with Gasteiger partial charge in [0.05, 0.1) is 11.5 Å². The summed E-state index contributed by atoms with van der Waals surface area (Å²) in [5.74, 6) is -0.788. The molecule has 0 saturated heterocycles. The molecule has 0 aromatic heterocycles. The van der Waals surface area contributed by atoms with Crippen LogP contribution in [-0.4, -0.2) is 29.8 Å². The van der Waals surface area contributed by atoms with Crippen LogP contribution >= 0.6 is 0 Å². The van der Waals surface area contributed by atoms with Crippen molar-refractivity contribution in [3.05, 3.63) is 75.8 Å². The zero-order valence-corrected chi connectivity index (χ0v) is 16.2. The fourth-order valence-electron chi connectivity index (χ4n) is 3.94. The summed E-state index contributed by atoms with van der Waals surface area (Å²) in [5, 5.41) is 16.3. The summed E-state index contributed by atoms with van der Waals surface area (Å²) >= 11 is 0. The molecule has 3 rings (SSSR count). The predicted molar refractivity (Wildman–Crippen MR) is 110 cm³/mol. The molecule has 0 unspecified atom stereocenters. The van der Waals surface area contributed by atoms with E-state index in [4.69, 9.17) is 0 Å². The molecule has 2 amide bonds. The van der Waals surface area contributed by atoms with Crippen LogP contribution in [0.5, 0.6) is 0 Å².